The van der Waals surface area contributed by atoms with Crippen molar-refractivity contribution in [2.45, 2.75) is 20.8 Å². The number of rotatable bonds is 5. The number of nitriles is 1. The molecule has 1 aromatic rings. The van der Waals surface area contributed by atoms with Gasteiger partial charge in [0, 0.05) is 6.54 Å². The van der Waals surface area contributed by atoms with E-state index in [0.29, 0.717) is 5.92 Å². The molecule has 0 radical (unpaired) electrons. The molecule has 0 bridgehead atoms. The van der Waals surface area contributed by atoms with E-state index in [9.17, 15) is 4.39 Å². The van der Waals surface area contributed by atoms with E-state index in [1.807, 2.05) is 19.1 Å². The number of hydrogen-bond acceptors (Lipinski definition) is 2. The molecule has 2 nitrogen and oxygen atoms in total. The Morgan fingerprint density at radius 3 is 2.83 bits per heavy atom. The van der Waals surface area contributed by atoms with Gasteiger partial charge in [0.25, 0.3) is 0 Å². The Balaban J connectivity index is 2.68. The molecule has 0 unspecified atom stereocenters. The molecular formula is C15H19FN2. The quantitative estimate of drug-likeness (QED) is 0.864. The van der Waals surface area contributed by atoms with Crippen LogP contribution in [-0.4, -0.2) is 13.1 Å². The summed E-state index contributed by atoms with van der Waals surface area (Å²) in [6.07, 6.45) is 1.97. The minimum Gasteiger partial charge on any atom is -0.313 e. The number of halogens is 1. The summed E-state index contributed by atoms with van der Waals surface area (Å²) in [5, 5.41) is 12.1. The lowest BCUT2D eigenvalue weighted by atomic mass is 10.1. The molecule has 0 aliphatic rings. The van der Waals surface area contributed by atoms with Crippen LogP contribution in [0.15, 0.2) is 23.8 Å². The molecule has 0 aliphatic carbocycles. The van der Waals surface area contributed by atoms with Crippen molar-refractivity contribution >= 4 is 6.08 Å². The summed E-state index contributed by atoms with van der Waals surface area (Å²) < 4.78 is 13.1. The number of nitrogens with zero attached hydrogens (tertiary/aromatic N) is 1. The van der Waals surface area contributed by atoms with Crippen molar-refractivity contribution in [1.29, 1.82) is 5.26 Å². The van der Waals surface area contributed by atoms with Crippen molar-refractivity contribution in [2.75, 3.05) is 13.1 Å². The van der Waals surface area contributed by atoms with E-state index in [-0.39, 0.29) is 5.56 Å². The second-order valence-electron chi connectivity index (χ2n) is 4.87. The highest BCUT2D eigenvalue weighted by molar-refractivity contribution is 5.55. The highest BCUT2D eigenvalue weighted by atomic mass is 19.1. The van der Waals surface area contributed by atoms with Gasteiger partial charge < -0.3 is 5.32 Å². The van der Waals surface area contributed by atoms with Crippen molar-refractivity contribution < 1.29 is 4.39 Å². The Kier molecular flexibility index (Phi) is 5.54. The minimum atomic E-state index is -0.467. The Labute approximate surface area is 108 Å². The van der Waals surface area contributed by atoms with E-state index in [1.54, 1.807) is 12.1 Å². The normalized spacial score (nSPS) is 11.7. The van der Waals surface area contributed by atoms with Crippen molar-refractivity contribution in [1.82, 2.24) is 5.32 Å². The summed E-state index contributed by atoms with van der Waals surface area (Å²) in [4.78, 5) is 0. The molecule has 18 heavy (non-hydrogen) atoms. The Morgan fingerprint density at radius 1 is 1.50 bits per heavy atom. The average Bonchev–Trinajstić information content (AvgIpc) is 2.31. The molecule has 0 saturated heterocycles. The second kappa shape index (κ2) is 6.93. The highest BCUT2D eigenvalue weighted by Gasteiger charge is 2.01. The summed E-state index contributed by atoms with van der Waals surface area (Å²) >= 11 is 0. The van der Waals surface area contributed by atoms with Gasteiger partial charge >= 0.3 is 0 Å². The predicted octanol–water partition coefficient (Wildman–Crippen LogP) is 3.35. The fourth-order valence-electron chi connectivity index (χ4n) is 1.61. The molecule has 0 spiro atoms. The zero-order valence-corrected chi connectivity index (χ0v) is 11.1. The van der Waals surface area contributed by atoms with Crippen LogP contribution < -0.4 is 5.32 Å². The van der Waals surface area contributed by atoms with Crippen molar-refractivity contribution in [2.24, 2.45) is 5.92 Å². The van der Waals surface area contributed by atoms with E-state index >= 15 is 0 Å². The molecule has 0 heterocycles. The van der Waals surface area contributed by atoms with Crippen LogP contribution in [0.4, 0.5) is 4.39 Å². The summed E-state index contributed by atoms with van der Waals surface area (Å²) in [5.41, 5.74) is 2.11. The molecule has 0 aliphatic heterocycles. The van der Waals surface area contributed by atoms with Gasteiger partial charge in [0.05, 0.1) is 5.56 Å². The Bertz CT molecular complexity index is 470. The van der Waals surface area contributed by atoms with Gasteiger partial charge in [-0.3, -0.25) is 0 Å². The molecule has 3 heteroatoms. The fraction of sp³-hybridized carbons (Fsp3) is 0.400. The first kappa shape index (κ1) is 14.4. The summed E-state index contributed by atoms with van der Waals surface area (Å²) in [6.45, 7) is 8.11. The highest BCUT2D eigenvalue weighted by Crippen LogP contribution is 2.12. The van der Waals surface area contributed by atoms with Crippen molar-refractivity contribution in [3.8, 4) is 6.07 Å². The van der Waals surface area contributed by atoms with E-state index in [0.717, 1.165) is 24.2 Å². The summed E-state index contributed by atoms with van der Waals surface area (Å²) in [5.74, 6) is 0.152. The zero-order chi connectivity index (χ0) is 13.5. The summed E-state index contributed by atoms with van der Waals surface area (Å²) in [7, 11) is 0. The van der Waals surface area contributed by atoms with E-state index in [1.165, 1.54) is 6.07 Å². The third-order valence-electron chi connectivity index (χ3n) is 2.48. The van der Waals surface area contributed by atoms with E-state index in [2.05, 4.69) is 19.2 Å². The van der Waals surface area contributed by atoms with Gasteiger partial charge in [-0.05, 0) is 37.1 Å². The molecule has 1 aromatic carbocycles. The van der Waals surface area contributed by atoms with Crippen LogP contribution in [-0.2, 0) is 0 Å². The molecule has 0 fully saturated rings. The maximum atomic E-state index is 13.1. The van der Waals surface area contributed by atoms with Gasteiger partial charge in [-0.25, -0.2) is 4.39 Å². The van der Waals surface area contributed by atoms with Crippen LogP contribution in [0, 0.1) is 23.1 Å². The number of hydrogen-bond donors (Lipinski definition) is 1. The lowest BCUT2D eigenvalue weighted by Gasteiger charge is -2.07. The van der Waals surface area contributed by atoms with E-state index in [4.69, 9.17) is 5.26 Å². The molecule has 0 atom stereocenters. The van der Waals surface area contributed by atoms with Gasteiger partial charge in [0.15, 0.2) is 0 Å². The van der Waals surface area contributed by atoms with Crippen molar-refractivity contribution in [3.63, 3.8) is 0 Å². The monoisotopic (exact) mass is 246 g/mol. The smallest absolute Gasteiger partial charge is 0.140 e. The molecule has 0 amide bonds. The van der Waals surface area contributed by atoms with Gasteiger partial charge in [-0.1, -0.05) is 31.6 Å². The maximum Gasteiger partial charge on any atom is 0.140 e. The topological polar surface area (TPSA) is 35.8 Å². The fourth-order valence-corrected chi connectivity index (χ4v) is 1.61. The third kappa shape index (κ3) is 4.68. The Hall–Kier alpha value is -1.66. The van der Waals surface area contributed by atoms with Gasteiger partial charge in [-0.15, -0.1) is 0 Å². The van der Waals surface area contributed by atoms with Crippen LogP contribution in [0.3, 0.4) is 0 Å². The van der Waals surface area contributed by atoms with Crippen LogP contribution in [0.25, 0.3) is 6.08 Å². The first-order chi connectivity index (χ1) is 8.52. The molecule has 1 N–H and O–H groups in total. The average molecular weight is 246 g/mol. The predicted molar refractivity (Wildman–Crippen MR) is 72.5 cm³/mol. The van der Waals surface area contributed by atoms with Crippen LogP contribution in [0.1, 0.15) is 31.9 Å². The van der Waals surface area contributed by atoms with Gasteiger partial charge in [0.1, 0.15) is 11.9 Å². The summed E-state index contributed by atoms with van der Waals surface area (Å²) in [6, 6.07) is 6.43. The molecule has 0 saturated carbocycles. The van der Waals surface area contributed by atoms with Gasteiger partial charge in [-0.2, -0.15) is 5.26 Å². The largest absolute Gasteiger partial charge is 0.313 e. The maximum absolute atomic E-state index is 13.1. The van der Waals surface area contributed by atoms with E-state index < -0.39 is 5.82 Å². The first-order valence-electron chi connectivity index (χ1n) is 6.10. The van der Waals surface area contributed by atoms with Crippen LogP contribution in [0.2, 0.25) is 0 Å². The zero-order valence-electron chi connectivity index (χ0n) is 11.1. The SMILES string of the molecule is C/C(=C\c1ccc(F)c(C#N)c1)CNCC(C)C. The van der Waals surface area contributed by atoms with Crippen molar-refractivity contribution in [3.05, 3.63) is 40.7 Å². The molecule has 96 valence electrons. The van der Waals surface area contributed by atoms with Crippen LogP contribution in [0.5, 0.6) is 0 Å². The molecule has 1 rings (SSSR count). The van der Waals surface area contributed by atoms with Crippen LogP contribution >= 0.6 is 0 Å². The lowest BCUT2D eigenvalue weighted by Crippen LogP contribution is -2.21. The molecular weight excluding hydrogens is 227 g/mol. The number of benzene rings is 1. The number of nitrogens with one attached hydrogen (secondary N) is 1. The van der Waals surface area contributed by atoms with Gasteiger partial charge in [0.2, 0.25) is 0 Å². The molecule has 0 aromatic heterocycles. The lowest BCUT2D eigenvalue weighted by molar-refractivity contribution is 0.572. The Morgan fingerprint density at radius 2 is 2.22 bits per heavy atom. The second-order valence-corrected chi connectivity index (χ2v) is 4.87. The standard InChI is InChI=1S/C15H19FN2/c1-11(2)9-18-10-12(3)6-13-4-5-15(16)14(7-13)8-17/h4-7,11,18H,9-10H2,1-3H3/b12-6+. The third-order valence-corrected chi connectivity index (χ3v) is 2.48. The minimum absolute atomic E-state index is 0.0895. The first-order valence-corrected chi connectivity index (χ1v) is 6.10.